The molecule has 1 N–H and O–H groups in total. The lowest BCUT2D eigenvalue weighted by Gasteiger charge is -2.49. The second-order valence-corrected chi connectivity index (χ2v) is 13.3. The van der Waals surface area contributed by atoms with Crippen LogP contribution < -0.4 is 5.01 Å². The molecule has 0 aliphatic carbocycles. The Balaban J connectivity index is 2.50. The normalized spacial score (nSPS) is 17.8. The molecule has 0 spiro atoms. The Morgan fingerprint density at radius 1 is 1.00 bits per heavy atom. The molecule has 1 aliphatic heterocycles. The average molecular weight is 319 g/mol. The molecule has 0 saturated carbocycles. The highest BCUT2D eigenvalue weighted by atomic mass is 28.3. The molecule has 0 radical (unpaired) electrons. The van der Waals surface area contributed by atoms with E-state index in [0.29, 0.717) is 0 Å². The third-order valence-electron chi connectivity index (χ3n) is 5.04. The number of hydrazine groups is 1. The van der Waals surface area contributed by atoms with Crippen molar-refractivity contribution in [2.45, 2.75) is 58.4 Å². The van der Waals surface area contributed by atoms with Gasteiger partial charge in [-0.3, -0.25) is 5.01 Å². The highest BCUT2D eigenvalue weighted by Gasteiger charge is 2.47. The summed E-state index contributed by atoms with van der Waals surface area (Å²) in [5, 5.41) is 13.1. The molecule has 0 aromatic heterocycles. The number of hydrogen-bond donors (Lipinski definition) is 1. The van der Waals surface area contributed by atoms with Crippen LogP contribution >= 0.6 is 0 Å². The van der Waals surface area contributed by atoms with Gasteiger partial charge in [-0.05, 0) is 37.1 Å². The van der Waals surface area contributed by atoms with Crippen molar-refractivity contribution in [1.29, 1.82) is 0 Å². The summed E-state index contributed by atoms with van der Waals surface area (Å²) in [5.74, 6) is 0. The summed E-state index contributed by atoms with van der Waals surface area (Å²) in [6, 6.07) is 10.4. The van der Waals surface area contributed by atoms with Gasteiger partial charge in [0.15, 0.2) is 8.24 Å². The van der Waals surface area contributed by atoms with Crippen LogP contribution in [-0.2, 0) is 0 Å². The third-order valence-corrected chi connectivity index (χ3v) is 10.4. The number of para-hydroxylation sites is 1. The van der Waals surface area contributed by atoms with Crippen molar-refractivity contribution < 1.29 is 5.11 Å². The van der Waals surface area contributed by atoms with Crippen molar-refractivity contribution >= 4 is 13.9 Å². The lowest BCUT2D eigenvalue weighted by molar-refractivity contribution is 0.114. The highest BCUT2D eigenvalue weighted by Crippen LogP contribution is 2.43. The van der Waals surface area contributed by atoms with Gasteiger partial charge in [-0.25, -0.2) is 4.67 Å². The molecule has 1 heterocycles. The van der Waals surface area contributed by atoms with Crippen molar-refractivity contribution in [3.05, 3.63) is 42.1 Å². The average Bonchev–Trinajstić information content (AvgIpc) is 2.83. The summed E-state index contributed by atoms with van der Waals surface area (Å²) in [6.45, 7) is 16.4. The van der Waals surface area contributed by atoms with Crippen molar-refractivity contribution in [3.8, 4) is 0 Å². The summed E-state index contributed by atoms with van der Waals surface area (Å²) in [6.07, 6.45) is 2.17. The van der Waals surface area contributed by atoms with Gasteiger partial charge in [-0.2, -0.15) is 0 Å². The number of anilines is 1. The Morgan fingerprint density at radius 3 is 2.00 bits per heavy atom. The van der Waals surface area contributed by atoms with Crippen molar-refractivity contribution in [2.24, 2.45) is 0 Å². The molecule has 0 saturated heterocycles. The maximum Gasteiger partial charge on any atom is 0.152 e. The van der Waals surface area contributed by atoms with Crippen LogP contribution in [0.4, 0.5) is 5.69 Å². The van der Waals surface area contributed by atoms with E-state index in [9.17, 15) is 5.11 Å². The fraction of sp³-hybridized carbons (Fsp3) is 0.556. The lowest BCUT2D eigenvalue weighted by atomic mass is 10.0. The topological polar surface area (TPSA) is 26.7 Å². The molecule has 0 fully saturated rings. The van der Waals surface area contributed by atoms with E-state index in [-0.39, 0.29) is 5.04 Å². The van der Waals surface area contributed by atoms with Crippen LogP contribution in [0.25, 0.3) is 0 Å². The Morgan fingerprint density at radius 2 is 1.55 bits per heavy atom. The molecule has 2 rings (SSSR count). The van der Waals surface area contributed by atoms with E-state index >= 15 is 0 Å². The van der Waals surface area contributed by atoms with Gasteiger partial charge < -0.3 is 5.11 Å². The van der Waals surface area contributed by atoms with Crippen LogP contribution in [0.15, 0.2) is 42.1 Å². The van der Waals surface area contributed by atoms with E-state index in [1.54, 1.807) is 0 Å². The summed E-state index contributed by atoms with van der Waals surface area (Å²) in [5.41, 5.74) is 1.24. The summed E-state index contributed by atoms with van der Waals surface area (Å²) < 4.78 is 2.50. The predicted molar refractivity (Wildman–Crippen MR) is 97.2 cm³/mol. The van der Waals surface area contributed by atoms with Crippen LogP contribution in [-0.4, -0.2) is 30.2 Å². The minimum atomic E-state index is -1.74. The smallest absolute Gasteiger partial charge is 0.152 e. The van der Waals surface area contributed by atoms with E-state index in [1.807, 2.05) is 19.9 Å². The molecular formula is C18H30N2OSi. The van der Waals surface area contributed by atoms with Crippen LogP contribution in [0.1, 0.15) is 34.6 Å². The lowest BCUT2D eigenvalue weighted by Crippen LogP contribution is -2.60. The largest absolute Gasteiger partial charge is 0.384 e. The summed E-state index contributed by atoms with van der Waals surface area (Å²) in [7, 11) is -1.74. The van der Waals surface area contributed by atoms with E-state index in [0.717, 1.165) is 17.9 Å². The van der Waals surface area contributed by atoms with Crippen molar-refractivity contribution in [2.75, 3.05) is 11.6 Å². The Labute approximate surface area is 136 Å². The Bertz CT molecular complexity index is 553. The number of hydrogen-bond acceptors (Lipinski definition) is 3. The minimum absolute atomic E-state index is 0.239. The zero-order chi connectivity index (χ0) is 16.8. The van der Waals surface area contributed by atoms with Crippen LogP contribution in [0.3, 0.4) is 0 Å². The van der Waals surface area contributed by atoms with E-state index in [2.05, 4.69) is 73.9 Å². The SMILES string of the molecule is CC(C)(O)C1=CCN([Si](C)(C)C(C)(C)C)N1c1ccccc1. The number of nitrogens with zero attached hydrogens (tertiary/aromatic N) is 2. The monoisotopic (exact) mass is 318 g/mol. The van der Waals surface area contributed by atoms with E-state index in [1.165, 1.54) is 0 Å². The first kappa shape index (κ1) is 17.3. The van der Waals surface area contributed by atoms with Gasteiger partial charge in [0, 0.05) is 6.54 Å². The first-order valence-electron chi connectivity index (χ1n) is 8.02. The fourth-order valence-electron chi connectivity index (χ4n) is 2.69. The molecule has 0 amide bonds. The van der Waals surface area contributed by atoms with Gasteiger partial charge in [0.05, 0.1) is 11.4 Å². The molecular weight excluding hydrogens is 288 g/mol. The van der Waals surface area contributed by atoms with E-state index < -0.39 is 13.8 Å². The molecule has 3 nitrogen and oxygen atoms in total. The molecule has 0 bridgehead atoms. The molecule has 0 unspecified atom stereocenters. The van der Waals surface area contributed by atoms with Crippen LogP contribution in [0, 0.1) is 0 Å². The van der Waals surface area contributed by atoms with Gasteiger partial charge in [0.25, 0.3) is 0 Å². The molecule has 4 heteroatoms. The molecule has 1 aromatic carbocycles. The maximum absolute atomic E-state index is 10.6. The summed E-state index contributed by atoms with van der Waals surface area (Å²) in [4.78, 5) is 0. The second kappa shape index (κ2) is 5.51. The molecule has 1 aromatic rings. The van der Waals surface area contributed by atoms with Crippen LogP contribution in [0.5, 0.6) is 0 Å². The standard InChI is InChI=1S/C18H30N2OSi/c1-17(2,3)22(6,7)19-14-13-16(18(4,5)21)20(19)15-11-9-8-10-12-15/h8-13,21H,14H2,1-7H3. The van der Waals surface area contributed by atoms with Gasteiger partial charge in [-0.15, -0.1) is 0 Å². The molecule has 0 atom stereocenters. The second-order valence-electron chi connectivity index (χ2n) is 8.19. The van der Waals surface area contributed by atoms with E-state index in [4.69, 9.17) is 0 Å². The molecule has 122 valence electrons. The molecule has 1 aliphatic rings. The number of rotatable bonds is 3. The fourth-order valence-corrected chi connectivity index (χ4v) is 4.74. The first-order chi connectivity index (χ1) is 9.96. The zero-order valence-corrected chi connectivity index (χ0v) is 16.0. The zero-order valence-electron chi connectivity index (χ0n) is 15.0. The quantitative estimate of drug-likeness (QED) is 0.838. The highest BCUT2D eigenvalue weighted by molar-refractivity contribution is 6.77. The van der Waals surface area contributed by atoms with Gasteiger partial charge >= 0.3 is 0 Å². The van der Waals surface area contributed by atoms with Gasteiger partial charge in [-0.1, -0.05) is 52.1 Å². The van der Waals surface area contributed by atoms with Crippen LogP contribution in [0.2, 0.25) is 18.1 Å². The number of aliphatic hydroxyl groups is 1. The van der Waals surface area contributed by atoms with Gasteiger partial charge in [0.1, 0.15) is 5.60 Å². The van der Waals surface area contributed by atoms with Crippen molar-refractivity contribution in [3.63, 3.8) is 0 Å². The number of benzene rings is 1. The van der Waals surface area contributed by atoms with Crippen molar-refractivity contribution in [1.82, 2.24) is 4.67 Å². The van der Waals surface area contributed by atoms with Gasteiger partial charge in [0.2, 0.25) is 0 Å². The minimum Gasteiger partial charge on any atom is -0.384 e. The Kier molecular flexibility index (Phi) is 4.32. The molecule has 22 heavy (non-hydrogen) atoms. The predicted octanol–water partition coefficient (Wildman–Crippen LogP) is 4.38. The summed E-state index contributed by atoms with van der Waals surface area (Å²) >= 11 is 0. The first-order valence-corrected chi connectivity index (χ1v) is 11.0. The maximum atomic E-state index is 10.6. The third kappa shape index (κ3) is 3.00. The Hall–Kier alpha value is -1.10.